The van der Waals surface area contributed by atoms with Crippen molar-refractivity contribution in [2.24, 2.45) is 0 Å². The number of para-hydroxylation sites is 1. The van der Waals surface area contributed by atoms with Crippen molar-refractivity contribution < 1.29 is 22.7 Å². The van der Waals surface area contributed by atoms with Crippen LogP contribution in [-0.4, -0.2) is 48.2 Å². The Bertz CT molecular complexity index is 807. The average Bonchev–Trinajstić information content (AvgIpc) is 2.66. The molecule has 0 aliphatic rings. The normalized spacial score (nSPS) is 11.2. The molecule has 2 aromatic carbocycles. The Hall–Kier alpha value is -2.42. The van der Waals surface area contributed by atoms with Gasteiger partial charge in [-0.25, -0.2) is 13.1 Å². The van der Waals surface area contributed by atoms with Crippen molar-refractivity contribution >= 4 is 21.6 Å². The maximum absolute atomic E-state index is 12.2. The number of hydrogen-bond acceptors (Lipinski definition) is 5. The number of nitrogens with zero attached hydrogens (tertiary/aromatic N) is 1. The van der Waals surface area contributed by atoms with Gasteiger partial charge in [-0.15, -0.1) is 0 Å². The van der Waals surface area contributed by atoms with Gasteiger partial charge in [-0.3, -0.25) is 4.79 Å². The summed E-state index contributed by atoms with van der Waals surface area (Å²) in [6, 6.07) is 15.1. The second-order valence-electron chi connectivity index (χ2n) is 5.44. The lowest BCUT2D eigenvalue weighted by Crippen LogP contribution is -2.31. The van der Waals surface area contributed by atoms with Gasteiger partial charge in [0.15, 0.2) is 6.61 Å². The first-order valence-corrected chi connectivity index (χ1v) is 9.45. The lowest BCUT2D eigenvalue weighted by atomic mass is 10.3. The first-order valence-electron chi connectivity index (χ1n) is 7.97. The summed E-state index contributed by atoms with van der Waals surface area (Å²) in [4.78, 5) is 13.8. The number of benzene rings is 2. The summed E-state index contributed by atoms with van der Waals surface area (Å²) in [7, 11) is -0.425. The predicted octanol–water partition coefficient (Wildman–Crippen LogP) is 1.65. The van der Waals surface area contributed by atoms with Crippen molar-refractivity contribution in [3.63, 3.8) is 0 Å². The maximum Gasteiger partial charge on any atom is 0.264 e. The average molecular weight is 378 g/mol. The molecule has 0 aliphatic heterocycles. The van der Waals surface area contributed by atoms with Crippen LogP contribution in [0.5, 0.6) is 5.75 Å². The van der Waals surface area contributed by atoms with Crippen LogP contribution in [0.2, 0.25) is 0 Å². The SMILES string of the molecule is COCCNS(=O)(=O)c1ccc(OCC(=O)N(C)c2ccccc2)cc1. The van der Waals surface area contributed by atoms with Crippen molar-refractivity contribution in [2.75, 3.05) is 38.8 Å². The summed E-state index contributed by atoms with van der Waals surface area (Å²) in [6.07, 6.45) is 0. The molecule has 1 N–H and O–H groups in total. The van der Waals surface area contributed by atoms with Crippen molar-refractivity contribution in [1.29, 1.82) is 0 Å². The molecule has 0 atom stereocenters. The third kappa shape index (κ3) is 5.55. The minimum Gasteiger partial charge on any atom is -0.484 e. The van der Waals surface area contributed by atoms with Gasteiger partial charge in [-0.2, -0.15) is 0 Å². The van der Waals surface area contributed by atoms with Gasteiger partial charge in [0, 0.05) is 26.4 Å². The zero-order valence-corrected chi connectivity index (χ0v) is 15.5. The number of nitrogens with one attached hydrogen (secondary N) is 1. The van der Waals surface area contributed by atoms with E-state index < -0.39 is 10.0 Å². The van der Waals surface area contributed by atoms with Gasteiger partial charge in [-0.1, -0.05) is 18.2 Å². The highest BCUT2D eigenvalue weighted by Crippen LogP contribution is 2.17. The molecule has 0 aromatic heterocycles. The smallest absolute Gasteiger partial charge is 0.264 e. The number of hydrogen-bond donors (Lipinski definition) is 1. The zero-order chi connectivity index (χ0) is 19.0. The van der Waals surface area contributed by atoms with Crippen LogP contribution in [0.15, 0.2) is 59.5 Å². The van der Waals surface area contributed by atoms with E-state index in [1.807, 2.05) is 30.3 Å². The summed E-state index contributed by atoms with van der Waals surface area (Å²) in [6.45, 7) is 0.332. The number of likely N-dealkylation sites (N-methyl/N-ethyl adjacent to an activating group) is 1. The molecule has 0 bridgehead atoms. The Labute approximate surface area is 153 Å². The molecule has 0 unspecified atom stereocenters. The molecule has 0 radical (unpaired) electrons. The quantitative estimate of drug-likeness (QED) is 0.671. The number of sulfonamides is 1. The fourth-order valence-corrected chi connectivity index (χ4v) is 3.13. The second kappa shape index (κ2) is 9.33. The molecule has 0 aliphatic carbocycles. The highest BCUT2D eigenvalue weighted by molar-refractivity contribution is 7.89. The van der Waals surface area contributed by atoms with E-state index >= 15 is 0 Å². The topological polar surface area (TPSA) is 84.9 Å². The van der Waals surface area contributed by atoms with E-state index in [1.54, 1.807) is 7.05 Å². The van der Waals surface area contributed by atoms with E-state index in [0.29, 0.717) is 5.75 Å². The lowest BCUT2D eigenvalue weighted by molar-refractivity contribution is -0.120. The number of amides is 1. The van der Waals surface area contributed by atoms with E-state index in [4.69, 9.17) is 9.47 Å². The summed E-state index contributed by atoms with van der Waals surface area (Å²) in [5.41, 5.74) is 0.768. The maximum atomic E-state index is 12.2. The van der Waals surface area contributed by atoms with E-state index in [9.17, 15) is 13.2 Å². The van der Waals surface area contributed by atoms with Crippen molar-refractivity contribution in [3.05, 3.63) is 54.6 Å². The molecule has 0 heterocycles. The molecule has 26 heavy (non-hydrogen) atoms. The van der Waals surface area contributed by atoms with Crippen molar-refractivity contribution in [3.8, 4) is 5.75 Å². The van der Waals surface area contributed by atoms with Gasteiger partial charge in [0.1, 0.15) is 5.75 Å². The van der Waals surface area contributed by atoms with Gasteiger partial charge in [0.05, 0.1) is 11.5 Å². The third-order valence-corrected chi connectivity index (χ3v) is 5.09. The first-order chi connectivity index (χ1) is 12.4. The zero-order valence-electron chi connectivity index (χ0n) is 14.7. The van der Waals surface area contributed by atoms with E-state index in [-0.39, 0.29) is 30.6 Å². The van der Waals surface area contributed by atoms with Gasteiger partial charge >= 0.3 is 0 Å². The molecule has 0 saturated carbocycles. The van der Waals surface area contributed by atoms with Crippen LogP contribution in [-0.2, 0) is 19.6 Å². The summed E-state index contributed by atoms with van der Waals surface area (Å²) >= 11 is 0. The molecule has 2 aromatic rings. The molecule has 0 spiro atoms. The highest BCUT2D eigenvalue weighted by Gasteiger charge is 2.14. The van der Waals surface area contributed by atoms with Gasteiger partial charge in [0.2, 0.25) is 10.0 Å². The number of ether oxygens (including phenoxy) is 2. The first kappa shape index (κ1) is 19.9. The predicted molar refractivity (Wildman–Crippen MR) is 98.9 cm³/mol. The number of rotatable bonds is 9. The lowest BCUT2D eigenvalue weighted by Gasteiger charge is -2.17. The van der Waals surface area contributed by atoms with E-state index in [0.717, 1.165) is 5.69 Å². The van der Waals surface area contributed by atoms with Crippen LogP contribution in [0.3, 0.4) is 0 Å². The van der Waals surface area contributed by atoms with E-state index in [2.05, 4.69) is 4.72 Å². The Morgan fingerprint density at radius 1 is 1.08 bits per heavy atom. The fourth-order valence-electron chi connectivity index (χ4n) is 2.11. The highest BCUT2D eigenvalue weighted by atomic mass is 32.2. The summed E-state index contributed by atoms with van der Waals surface area (Å²) in [5, 5.41) is 0. The van der Waals surface area contributed by atoms with Gasteiger partial charge < -0.3 is 14.4 Å². The molecular formula is C18H22N2O5S. The van der Waals surface area contributed by atoms with Gasteiger partial charge in [0.25, 0.3) is 5.91 Å². The van der Waals surface area contributed by atoms with Gasteiger partial charge in [-0.05, 0) is 36.4 Å². The Balaban J connectivity index is 1.92. The number of carbonyl (C=O) groups excluding carboxylic acids is 1. The number of carbonyl (C=O) groups is 1. The molecule has 8 heteroatoms. The standard InChI is InChI=1S/C18H22N2O5S/c1-20(15-6-4-3-5-7-15)18(21)14-25-16-8-10-17(11-9-16)26(22,23)19-12-13-24-2/h3-11,19H,12-14H2,1-2H3. The van der Waals surface area contributed by atoms with Crippen LogP contribution in [0.1, 0.15) is 0 Å². The van der Waals surface area contributed by atoms with Crippen LogP contribution < -0.4 is 14.4 Å². The van der Waals surface area contributed by atoms with Crippen LogP contribution in [0, 0.1) is 0 Å². The monoisotopic (exact) mass is 378 g/mol. The summed E-state index contributed by atoms with van der Waals surface area (Å²) in [5.74, 6) is 0.199. The Kier molecular flexibility index (Phi) is 7.14. The molecule has 140 valence electrons. The minimum atomic E-state index is -3.59. The Morgan fingerprint density at radius 2 is 1.73 bits per heavy atom. The van der Waals surface area contributed by atoms with Crippen LogP contribution in [0.25, 0.3) is 0 Å². The van der Waals surface area contributed by atoms with Crippen LogP contribution in [0.4, 0.5) is 5.69 Å². The fraction of sp³-hybridized carbons (Fsp3) is 0.278. The summed E-state index contributed by atoms with van der Waals surface area (Å²) < 4.78 is 36.8. The molecule has 7 nitrogen and oxygen atoms in total. The minimum absolute atomic E-state index is 0.119. The molecule has 0 saturated heterocycles. The Morgan fingerprint density at radius 3 is 2.35 bits per heavy atom. The van der Waals surface area contributed by atoms with E-state index in [1.165, 1.54) is 36.3 Å². The third-order valence-electron chi connectivity index (χ3n) is 3.61. The molecule has 0 fully saturated rings. The number of methoxy groups -OCH3 is 1. The second-order valence-corrected chi connectivity index (χ2v) is 7.21. The molecule has 2 rings (SSSR count). The largest absolute Gasteiger partial charge is 0.484 e. The molecule has 1 amide bonds. The van der Waals surface area contributed by atoms with Crippen molar-refractivity contribution in [2.45, 2.75) is 4.90 Å². The molecular weight excluding hydrogens is 356 g/mol. The number of anilines is 1. The van der Waals surface area contributed by atoms with Crippen molar-refractivity contribution in [1.82, 2.24) is 4.72 Å². The van der Waals surface area contributed by atoms with Crippen LogP contribution >= 0.6 is 0 Å².